The number of hydrogen-bond donors (Lipinski definition) is 0. The lowest BCUT2D eigenvalue weighted by Gasteiger charge is -2.15. The molecule has 0 bridgehead atoms. The Morgan fingerprint density at radius 3 is 1.88 bits per heavy atom. The summed E-state index contributed by atoms with van der Waals surface area (Å²) in [6.07, 6.45) is 17.4. The van der Waals surface area contributed by atoms with Gasteiger partial charge in [0.25, 0.3) is 0 Å². The Morgan fingerprint density at radius 2 is 1.38 bits per heavy atom. The van der Waals surface area contributed by atoms with Crippen LogP contribution in [0.2, 0.25) is 0 Å². The zero-order valence-corrected chi connectivity index (χ0v) is 11.6. The van der Waals surface area contributed by atoms with Gasteiger partial charge in [-0.05, 0) is 18.8 Å². The highest BCUT2D eigenvalue weighted by molar-refractivity contribution is 4.66. The van der Waals surface area contributed by atoms with E-state index in [2.05, 4.69) is 20.4 Å². The summed E-state index contributed by atoms with van der Waals surface area (Å²) in [7, 11) is 0. The van der Waals surface area contributed by atoms with Gasteiger partial charge in [-0.1, -0.05) is 77.7 Å². The van der Waals surface area contributed by atoms with E-state index in [4.69, 9.17) is 0 Å². The van der Waals surface area contributed by atoms with Gasteiger partial charge in [-0.15, -0.1) is 6.58 Å². The Labute approximate surface area is 104 Å². The molecule has 0 spiro atoms. The predicted octanol–water partition coefficient (Wildman–Crippen LogP) is 6.12. The Morgan fingerprint density at radius 1 is 0.812 bits per heavy atom. The molecular weight excluding hydrogens is 192 g/mol. The fraction of sp³-hybridized carbons (Fsp3) is 0.875. The average molecular weight is 224 g/mol. The lowest BCUT2D eigenvalue weighted by molar-refractivity contribution is 0.378. The normalized spacial score (nSPS) is 10.9. The molecule has 0 aromatic carbocycles. The molecule has 0 aliphatic carbocycles. The van der Waals surface area contributed by atoms with Crippen molar-refractivity contribution >= 4 is 0 Å². The van der Waals surface area contributed by atoms with Gasteiger partial charge in [0, 0.05) is 0 Å². The Hall–Kier alpha value is -0.260. The first-order valence-corrected chi connectivity index (χ1v) is 7.46. The first-order chi connectivity index (χ1) is 7.85. The van der Waals surface area contributed by atoms with E-state index in [0.717, 1.165) is 5.92 Å². The fourth-order valence-corrected chi connectivity index (χ4v) is 2.32. The molecule has 16 heavy (non-hydrogen) atoms. The molecule has 0 saturated carbocycles. The zero-order chi connectivity index (χ0) is 12.1. The van der Waals surface area contributed by atoms with Gasteiger partial charge in [0.2, 0.25) is 0 Å². The molecule has 0 saturated heterocycles. The van der Waals surface area contributed by atoms with Crippen LogP contribution in [0.25, 0.3) is 0 Å². The second kappa shape index (κ2) is 12.8. The third kappa shape index (κ3) is 10.3. The number of hydrogen-bond acceptors (Lipinski definition) is 0. The van der Waals surface area contributed by atoms with Gasteiger partial charge in [0.05, 0.1) is 0 Å². The molecule has 0 aliphatic rings. The zero-order valence-electron chi connectivity index (χ0n) is 11.6. The molecule has 0 fully saturated rings. The van der Waals surface area contributed by atoms with Crippen molar-refractivity contribution in [2.45, 2.75) is 84.5 Å². The maximum Gasteiger partial charge on any atom is -0.0353 e. The topological polar surface area (TPSA) is 0 Å². The Balaban J connectivity index is 3.51. The van der Waals surface area contributed by atoms with Crippen molar-refractivity contribution in [3.8, 4) is 0 Å². The van der Waals surface area contributed by atoms with Crippen LogP contribution in [0.5, 0.6) is 0 Å². The van der Waals surface area contributed by atoms with Gasteiger partial charge in [-0.2, -0.15) is 0 Å². The van der Waals surface area contributed by atoms with E-state index < -0.39 is 0 Å². The quantitative estimate of drug-likeness (QED) is 0.277. The molecule has 0 N–H and O–H groups in total. The molecule has 0 aromatic rings. The molecule has 0 aromatic heterocycles. The van der Waals surface area contributed by atoms with Crippen LogP contribution in [0.3, 0.4) is 0 Å². The molecule has 0 rings (SSSR count). The van der Waals surface area contributed by atoms with E-state index in [1.807, 2.05) is 6.08 Å². The lowest BCUT2D eigenvalue weighted by Crippen LogP contribution is -2.00. The lowest BCUT2D eigenvalue weighted by atomic mass is 9.91. The summed E-state index contributed by atoms with van der Waals surface area (Å²) in [5.74, 6) is 1.02. The summed E-state index contributed by atoms with van der Waals surface area (Å²) >= 11 is 0. The summed E-state index contributed by atoms with van der Waals surface area (Å²) in [5.41, 5.74) is 0. The van der Waals surface area contributed by atoms with Crippen LogP contribution in [-0.2, 0) is 0 Å². The minimum absolute atomic E-state index is 1.02. The van der Waals surface area contributed by atoms with Crippen LogP contribution >= 0.6 is 0 Å². The van der Waals surface area contributed by atoms with Crippen molar-refractivity contribution in [2.75, 3.05) is 0 Å². The molecule has 0 nitrogen and oxygen atoms in total. The molecular formula is C16H32. The smallest absolute Gasteiger partial charge is 0.0353 e. The Kier molecular flexibility index (Phi) is 12.6. The van der Waals surface area contributed by atoms with Crippen LogP contribution in [-0.4, -0.2) is 0 Å². The van der Waals surface area contributed by atoms with Crippen molar-refractivity contribution in [3.63, 3.8) is 0 Å². The van der Waals surface area contributed by atoms with E-state index in [0.29, 0.717) is 0 Å². The summed E-state index contributed by atoms with van der Waals surface area (Å²) in [6.45, 7) is 8.39. The molecule has 0 unspecified atom stereocenters. The average Bonchev–Trinajstić information content (AvgIpc) is 2.31. The van der Waals surface area contributed by atoms with E-state index in [9.17, 15) is 0 Å². The molecule has 0 radical (unpaired) electrons. The minimum Gasteiger partial charge on any atom is -0.103 e. The minimum atomic E-state index is 1.02. The van der Waals surface area contributed by atoms with Crippen molar-refractivity contribution < 1.29 is 0 Å². The van der Waals surface area contributed by atoms with Crippen molar-refractivity contribution in [1.29, 1.82) is 0 Å². The van der Waals surface area contributed by atoms with Gasteiger partial charge in [0.15, 0.2) is 0 Å². The van der Waals surface area contributed by atoms with Crippen LogP contribution in [0.15, 0.2) is 12.7 Å². The molecule has 96 valence electrons. The summed E-state index contributed by atoms with van der Waals surface area (Å²) in [5, 5.41) is 0. The predicted molar refractivity (Wildman–Crippen MR) is 75.8 cm³/mol. The van der Waals surface area contributed by atoms with Crippen molar-refractivity contribution in [2.24, 2.45) is 5.92 Å². The third-order valence-corrected chi connectivity index (χ3v) is 3.45. The molecule has 0 aliphatic heterocycles. The number of rotatable bonds is 12. The van der Waals surface area contributed by atoms with E-state index in [-0.39, 0.29) is 0 Å². The van der Waals surface area contributed by atoms with E-state index in [1.54, 1.807) is 0 Å². The summed E-state index contributed by atoms with van der Waals surface area (Å²) in [6, 6.07) is 0. The van der Waals surface area contributed by atoms with Gasteiger partial charge in [0.1, 0.15) is 0 Å². The van der Waals surface area contributed by atoms with Crippen LogP contribution in [0, 0.1) is 5.92 Å². The highest BCUT2D eigenvalue weighted by atomic mass is 14.1. The van der Waals surface area contributed by atoms with Gasteiger partial charge in [-0.3, -0.25) is 0 Å². The molecule has 0 atom stereocenters. The number of allylic oxidation sites excluding steroid dienone is 1. The SMILES string of the molecule is C=CCCCCCC(CCCC)CCCC. The maximum atomic E-state index is 3.77. The van der Waals surface area contributed by atoms with Crippen molar-refractivity contribution in [3.05, 3.63) is 12.7 Å². The van der Waals surface area contributed by atoms with Crippen LogP contribution in [0.4, 0.5) is 0 Å². The summed E-state index contributed by atoms with van der Waals surface area (Å²) < 4.78 is 0. The highest BCUT2D eigenvalue weighted by Gasteiger charge is 2.07. The first-order valence-electron chi connectivity index (χ1n) is 7.46. The molecule has 0 heterocycles. The monoisotopic (exact) mass is 224 g/mol. The van der Waals surface area contributed by atoms with Crippen LogP contribution < -0.4 is 0 Å². The van der Waals surface area contributed by atoms with E-state index in [1.165, 1.54) is 70.6 Å². The van der Waals surface area contributed by atoms with Gasteiger partial charge in [-0.25, -0.2) is 0 Å². The largest absolute Gasteiger partial charge is 0.103 e. The Bertz CT molecular complexity index is 129. The highest BCUT2D eigenvalue weighted by Crippen LogP contribution is 2.22. The fourth-order valence-electron chi connectivity index (χ4n) is 2.32. The molecule has 0 heteroatoms. The molecule has 0 amide bonds. The summed E-state index contributed by atoms with van der Waals surface area (Å²) in [4.78, 5) is 0. The standard InChI is InChI=1S/C16H32/c1-4-7-10-11-12-15-16(13-8-5-2)14-9-6-3/h4,16H,1,5-15H2,2-3H3. The maximum absolute atomic E-state index is 3.77. The first kappa shape index (κ1) is 15.7. The van der Waals surface area contributed by atoms with Gasteiger partial charge >= 0.3 is 0 Å². The van der Waals surface area contributed by atoms with E-state index >= 15 is 0 Å². The second-order valence-corrected chi connectivity index (χ2v) is 5.08. The third-order valence-electron chi connectivity index (χ3n) is 3.45. The van der Waals surface area contributed by atoms with Crippen LogP contribution in [0.1, 0.15) is 84.5 Å². The van der Waals surface area contributed by atoms with Crippen molar-refractivity contribution in [1.82, 2.24) is 0 Å². The number of unbranched alkanes of at least 4 members (excludes halogenated alkanes) is 5. The van der Waals surface area contributed by atoms with Gasteiger partial charge < -0.3 is 0 Å². The second-order valence-electron chi connectivity index (χ2n) is 5.08.